The van der Waals surface area contributed by atoms with Gasteiger partial charge in [0.15, 0.2) is 6.10 Å². The van der Waals surface area contributed by atoms with Crippen LogP contribution in [0.3, 0.4) is 0 Å². The van der Waals surface area contributed by atoms with Gasteiger partial charge in [0.1, 0.15) is 6.33 Å². The van der Waals surface area contributed by atoms with E-state index in [4.69, 9.17) is 9.47 Å². The van der Waals surface area contributed by atoms with Crippen molar-refractivity contribution < 1.29 is 22.7 Å². The maximum atomic E-state index is 12.8. The lowest BCUT2D eigenvalue weighted by Crippen LogP contribution is -2.40. The summed E-state index contributed by atoms with van der Waals surface area (Å²) in [6.45, 7) is 2.93. The molecule has 2 aromatic carbocycles. The van der Waals surface area contributed by atoms with Gasteiger partial charge in [-0.15, -0.1) is 0 Å². The van der Waals surface area contributed by atoms with E-state index in [1.165, 1.54) is 22.8 Å². The number of benzene rings is 2. The van der Waals surface area contributed by atoms with Crippen LogP contribution in [0.1, 0.15) is 6.92 Å². The molecule has 1 aliphatic heterocycles. The molecule has 3 aromatic rings. The smallest absolute Gasteiger partial charge is 0.265 e. The summed E-state index contributed by atoms with van der Waals surface area (Å²) in [6.07, 6.45) is 0.514. The Bertz CT molecular complexity index is 1190. The monoisotopic (exact) mass is 442 g/mol. The number of carbonyl (C=O) groups is 1. The molecule has 1 aromatic heterocycles. The molecule has 1 amide bonds. The van der Waals surface area contributed by atoms with Gasteiger partial charge in [0.2, 0.25) is 15.9 Å². The zero-order chi connectivity index (χ0) is 21.8. The zero-order valence-corrected chi connectivity index (χ0v) is 17.7. The van der Waals surface area contributed by atoms with Gasteiger partial charge >= 0.3 is 0 Å². The Hall–Kier alpha value is -3.08. The van der Waals surface area contributed by atoms with Crippen LogP contribution in [0.5, 0.6) is 5.88 Å². The number of nitrogens with zero attached hydrogens (tertiary/aromatic N) is 3. The quantitative estimate of drug-likeness (QED) is 0.622. The molecule has 0 saturated carbocycles. The minimum absolute atomic E-state index is 0.113. The normalized spacial score (nSPS) is 16.0. The molecule has 1 atom stereocenters. The lowest BCUT2D eigenvalue weighted by molar-refractivity contribution is -0.122. The van der Waals surface area contributed by atoms with Gasteiger partial charge in [-0.2, -0.15) is 4.31 Å². The fourth-order valence-electron chi connectivity index (χ4n) is 3.21. The summed E-state index contributed by atoms with van der Waals surface area (Å²) in [5, 5.41) is 3.41. The van der Waals surface area contributed by atoms with Crippen LogP contribution in [0, 0.1) is 0 Å². The molecule has 162 valence electrons. The third-order valence-electron chi connectivity index (χ3n) is 4.87. The summed E-state index contributed by atoms with van der Waals surface area (Å²) < 4.78 is 38.0. The molecular formula is C21H22N4O5S. The number of fused-ring (bicyclic) bond motifs is 1. The Morgan fingerprint density at radius 3 is 2.71 bits per heavy atom. The van der Waals surface area contributed by atoms with Crippen LogP contribution in [-0.2, 0) is 19.6 Å². The van der Waals surface area contributed by atoms with E-state index >= 15 is 0 Å². The number of rotatable bonds is 6. The summed E-state index contributed by atoms with van der Waals surface area (Å²) in [4.78, 5) is 21.1. The molecule has 0 aliphatic carbocycles. The van der Waals surface area contributed by atoms with Gasteiger partial charge in [-0.1, -0.05) is 18.2 Å². The van der Waals surface area contributed by atoms with E-state index in [9.17, 15) is 13.2 Å². The molecule has 1 aliphatic rings. The largest absolute Gasteiger partial charge is 0.464 e. The van der Waals surface area contributed by atoms with E-state index in [0.717, 1.165) is 0 Å². The van der Waals surface area contributed by atoms with E-state index in [-0.39, 0.29) is 4.90 Å². The van der Waals surface area contributed by atoms with Gasteiger partial charge in [-0.25, -0.2) is 18.4 Å². The number of hydrogen-bond acceptors (Lipinski definition) is 7. The SMILES string of the molecule is C[C@H](Oc1ncnc2ccccc12)C(=O)Nc1cccc(S(=O)(=O)N2CCOCC2)c1. The number of aromatic nitrogens is 2. The van der Waals surface area contributed by atoms with E-state index in [2.05, 4.69) is 15.3 Å². The Balaban J connectivity index is 1.47. The molecule has 10 heteroatoms. The molecule has 1 saturated heterocycles. The highest BCUT2D eigenvalue weighted by molar-refractivity contribution is 7.89. The van der Waals surface area contributed by atoms with E-state index < -0.39 is 22.0 Å². The summed E-state index contributed by atoms with van der Waals surface area (Å²) >= 11 is 0. The third-order valence-corrected chi connectivity index (χ3v) is 6.77. The van der Waals surface area contributed by atoms with E-state index in [0.29, 0.717) is 48.8 Å². The average molecular weight is 442 g/mol. The number of hydrogen-bond donors (Lipinski definition) is 1. The fourth-order valence-corrected chi connectivity index (χ4v) is 4.66. The van der Waals surface area contributed by atoms with Gasteiger partial charge in [0.25, 0.3) is 5.91 Å². The van der Waals surface area contributed by atoms with Crippen molar-refractivity contribution in [3.05, 3.63) is 54.9 Å². The molecule has 4 rings (SSSR count). The van der Waals surface area contributed by atoms with Gasteiger partial charge < -0.3 is 14.8 Å². The second-order valence-corrected chi connectivity index (χ2v) is 8.93. The second kappa shape index (κ2) is 8.96. The predicted molar refractivity (Wildman–Crippen MR) is 114 cm³/mol. The summed E-state index contributed by atoms with van der Waals surface area (Å²) in [5.41, 5.74) is 1.07. The molecule has 9 nitrogen and oxygen atoms in total. The number of amides is 1. The van der Waals surface area contributed by atoms with Gasteiger partial charge in [-0.05, 0) is 37.3 Å². The highest BCUT2D eigenvalue weighted by atomic mass is 32.2. The van der Waals surface area contributed by atoms with Gasteiger partial charge in [-0.3, -0.25) is 4.79 Å². The molecule has 2 heterocycles. The van der Waals surface area contributed by atoms with Crippen LogP contribution in [0.2, 0.25) is 0 Å². The van der Waals surface area contributed by atoms with Crippen molar-refractivity contribution in [1.82, 2.24) is 14.3 Å². The van der Waals surface area contributed by atoms with Crippen LogP contribution >= 0.6 is 0 Å². The minimum Gasteiger partial charge on any atom is -0.464 e. The van der Waals surface area contributed by atoms with E-state index in [1.807, 2.05) is 24.3 Å². The maximum Gasteiger partial charge on any atom is 0.265 e. The molecular weight excluding hydrogens is 420 g/mol. The van der Waals surface area contributed by atoms with Crippen molar-refractivity contribution in [3.63, 3.8) is 0 Å². The predicted octanol–water partition coefficient (Wildman–Crippen LogP) is 2.06. The zero-order valence-electron chi connectivity index (χ0n) is 16.9. The van der Waals surface area contributed by atoms with Gasteiger partial charge in [0, 0.05) is 18.8 Å². The molecule has 0 radical (unpaired) electrons. The van der Waals surface area contributed by atoms with E-state index in [1.54, 1.807) is 19.1 Å². The molecule has 31 heavy (non-hydrogen) atoms. The van der Waals surface area contributed by atoms with Crippen LogP contribution in [-0.4, -0.2) is 61.0 Å². The number of carbonyl (C=O) groups excluding carboxylic acids is 1. The molecule has 1 N–H and O–H groups in total. The minimum atomic E-state index is -3.66. The first-order valence-corrected chi connectivity index (χ1v) is 11.2. The number of nitrogens with one attached hydrogen (secondary N) is 1. The first-order valence-electron chi connectivity index (χ1n) is 9.80. The summed E-state index contributed by atoms with van der Waals surface area (Å²) in [5.74, 6) is -0.125. The molecule has 1 fully saturated rings. The van der Waals surface area contributed by atoms with Gasteiger partial charge in [0.05, 0.1) is 29.0 Å². The topological polar surface area (TPSA) is 111 Å². The number of sulfonamides is 1. The maximum absolute atomic E-state index is 12.8. The summed E-state index contributed by atoms with van der Waals surface area (Å²) in [7, 11) is -3.66. The van der Waals surface area contributed by atoms with Crippen molar-refractivity contribution in [1.29, 1.82) is 0 Å². The number of morpholine rings is 1. The first kappa shape index (κ1) is 21.2. The lowest BCUT2D eigenvalue weighted by Gasteiger charge is -2.26. The lowest BCUT2D eigenvalue weighted by atomic mass is 10.2. The fraction of sp³-hybridized carbons (Fsp3) is 0.286. The van der Waals surface area contributed by atoms with Crippen molar-refractivity contribution in [2.45, 2.75) is 17.9 Å². The Labute approximate surface area is 180 Å². The summed E-state index contributed by atoms with van der Waals surface area (Å²) in [6, 6.07) is 13.5. The standard InChI is InChI=1S/C21H22N4O5S/c1-15(30-21-18-7-2-3-8-19(18)22-14-23-21)20(26)24-16-5-4-6-17(13-16)31(27,28)25-9-11-29-12-10-25/h2-8,13-15H,9-12H2,1H3,(H,24,26)/t15-/m0/s1. The van der Waals surface area contributed by atoms with Crippen molar-refractivity contribution in [2.24, 2.45) is 0 Å². The average Bonchev–Trinajstić information content (AvgIpc) is 2.80. The van der Waals surface area contributed by atoms with Crippen molar-refractivity contribution >= 4 is 32.5 Å². The van der Waals surface area contributed by atoms with Crippen LogP contribution in [0.4, 0.5) is 5.69 Å². The Kier molecular flexibility index (Phi) is 6.12. The van der Waals surface area contributed by atoms with Crippen LogP contribution in [0.15, 0.2) is 59.8 Å². The highest BCUT2D eigenvalue weighted by Crippen LogP contribution is 2.23. The van der Waals surface area contributed by atoms with Crippen molar-refractivity contribution in [3.8, 4) is 5.88 Å². The molecule has 0 bridgehead atoms. The Morgan fingerprint density at radius 1 is 1.13 bits per heavy atom. The Morgan fingerprint density at radius 2 is 1.90 bits per heavy atom. The first-order chi connectivity index (χ1) is 14.9. The number of ether oxygens (including phenoxy) is 2. The van der Waals surface area contributed by atoms with Crippen LogP contribution in [0.25, 0.3) is 10.9 Å². The molecule has 0 spiro atoms. The molecule has 0 unspecified atom stereocenters. The number of anilines is 1. The second-order valence-electron chi connectivity index (χ2n) is 6.99. The third kappa shape index (κ3) is 4.66. The highest BCUT2D eigenvalue weighted by Gasteiger charge is 2.26. The number of para-hydroxylation sites is 1. The van der Waals surface area contributed by atoms with Crippen LogP contribution < -0.4 is 10.1 Å². The van der Waals surface area contributed by atoms with Crippen molar-refractivity contribution in [2.75, 3.05) is 31.6 Å².